The van der Waals surface area contributed by atoms with Crippen molar-refractivity contribution in [1.29, 1.82) is 5.26 Å². The SMILES string of the molecule is CCc1cc(N2CCCC(C#N)C2)ncc1N(C)c1cc2c(cn1)ncn2C. The molecule has 1 fully saturated rings. The van der Waals surface area contributed by atoms with E-state index in [-0.39, 0.29) is 5.92 Å². The molecule has 7 heteroatoms. The Morgan fingerprint density at radius 3 is 2.89 bits per heavy atom. The van der Waals surface area contributed by atoms with Crippen LogP contribution in [0.5, 0.6) is 0 Å². The normalized spacial score (nSPS) is 16.9. The highest BCUT2D eigenvalue weighted by molar-refractivity contribution is 5.79. The fraction of sp³-hybridized carbons (Fsp3) is 0.429. The van der Waals surface area contributed by atoms with E-state index in [9.17, 15) is 5.26 Å². The number of aromatic nitrogens is 4. The van der Waals surface area contributed by atoms with Gasteiger partial charge in [0.1, 0.15) is 17.2 Å². The molecular weight excluding hydrogens is 350 g/mol. The summed E-state index contributed by atoms with van der Waals surface area (Å²) in [5, 5.41) is 9.26. The number of imidazole rings is 1. The van der Waals surface area contributed by atoms with Gasteiger partial charge in [-0.25, -0.2) is 15.0 Å². The Morgan fingerprint density at radius 2 is 2.11 bits per heavy atom. The molecule has 4 rings (SSSR count). The van der Waals surface area contributed by atoms with Crippen molar-refractivity contribution < 1.29 is 0 Å². The maximum atomic E-state index is 9.26. The summed E-state index contributed by atoms with van der Waals surface area (Å²) < 4.78 is 2.00. The quantitative estimate of drug-likeness (QED) is 0.695. The zero-order valence-electron chi connectivity index (χ0n) is 16.6. The topological polar surface area (TPSA) is 73.9 Å². The first-order valence-electron chi connectivity index (χ1n) is 9.75. The summed E-state index contributed by atoms with van der Waals surface area (Å²) >= 11 is 0. The summed E-state index contributed by atoms with van der Waals surface area (Å²) in [5.41, 5.74) is 4.21. The maximum absolute atomic E-state index is 9.26. The Balaban J connectivity index is 1.65. The number of rotatable bonds is 4. The Bertz CT molecular complexity index is 1030. The van der Waals surface area contributed by atoms with Gasteiger partial charge in [-0.3, -0.25) is 0 Å². The van der Waals surface area contributed by atoms with Crippen molar-refractivity contribution in [3.8, 4) is 6.07 Å². The highest BCUT2D eigenvalue weighted by Crippen LogP contribution is 2.30. The maximum Gasteiger partial charge on any atom is 0.134 e. The number of fused-ring (bicyclic) bond motifs is 1. The van der Waals surface area contributed by atoms with E-state index in [1.165, 1.54) is 5.56 Å². The molecule has 0 bridgehead atoms. The molecule has 1 aliphatic rings. The van der Waals surface area contributed by atoms with Gasteiger partial charge < -0.3 is 14.4 Å². The predicted molar refractivity (Wildman–Crippen MR) is 111 cm³/mol. The first kappa shape index (κ1) is 18.2. The van der Waals surface area contributed by atoms with Gasteiger partial charge in [0.2, 0.25) is 0 Å². The van der Waals surface area contributed by atoms with Crippen LogP contribution in [0.1, 0.15) is 25.3 Å². The Labute approximate surface area is 165 Å². The minimum atomic E-state index is 0.0952. The number of nitriles is 1. The Kier molecular flexibility index (Phi) is 4.86. The van der Waals surface area contributed by atoms with Gasteiger partial charge >= 0.3 is 0 Å². The van der Waals surface area contributed by atoms with E-state index in [1.807, 2.05) is 31.1 Å². The number of anilines is 3. The lowest BCUT2D eigenvalue weighted by Gasteiger charge is -2.31. The summed E-state index contributed by atoms with van der Waals surface area (Å²) in [7, 11) is 4.01. The van der Waals surface area contributed by atoms with Crippen molar-refractivity contribution in [2.24, 2.45) is 13.0 Å². The third-order valence-electron chi connectivity index (χ3n) is 5.56. The molecule has 0 radical (unpaired) electrons. The van der Waals surface area contributed by atoms with E-state index < -0.39 is 0 Å². The molecule has 0 aliphatic carbocycles. The standard InChI is InChI=1S/C21H25N7/c1-4-16-8-21(28-7-5-6-15(10-22)13-28)24-12-19(16)27(3)20-9-18-17(11-23-20)25-14-26(18)2/h8-9,11-12,14-15H,4-7,13H2,1-3H3. The fourth-order valence-corrected chi connectivity index (χ4v) is 3.85. The van der Waals surface area contributed by atoms with Crippen LogP contribution in [0.4, 0.5) is 17.3 Å². The van der Waals surface area contributed by atoms with Gasteiger partial charge in [-0.1, -0.05) is 6.92 Å². The van der Waals surface area contributed by atoms with Crippen molar-refractivity contribution in [1.82, 2.24) is 19.5 Å². The molecule has 3 aromatic heterocycles. The molecule has 144 valence electrons. The van der Waals surface area contributed by atoms with Crippen molar-refractivity contribution in [3.63, 3.8) is 0 Å². The Hall–Kier alpha value is -3.14. The third-order valence-corrected chi connectivity index (χ3v) is 5.56. The van der Waals surface area contributed by atoms with E-state index in [0.29, 0.717) is 0 Å². The second-order valence-corrected chi connectivity index (χ2v) is 7.38. The lowest BCUT2D eigenvalue weighted by Crippen LogP contribution is -2.35. The van der Waals surface area contributed by atoms with Crippen LogP contribution in [0.3, 0.4) is 0 Å². The van der Waals surface area contributed by atoms with Crippen molar-refractivity contribution in [2.45, 2.75) is 26.2 Å². The number of pyridine rings is 2. The van der Waals surface area contributed by atoms with Gasteiger partial charge in [-0.15, -0.1) is 0 Å². The minimum Gasteiger partial charge on any atom is -0.355 e. The van der Waals surface area contributed by atoms with Gasteiger partial charge in [0.25, 0.3) is 0 Å². The lowest BCUT2D eigenvalue weighted by molar-refractivity contribution is 0.490. The van der Waals surface area contributed by atoms with Crippen LogP contribution >= 0.6 is 0 Å². The van der Waals surface area contributed by atoms with Crippen molar-refractivity contribution >= 4 is 28.4 Å². The monoisotopic (exact) mass is 375 g/mol. The molecular formula is C21H25N7. The van der Waals surface area contributed by atoms with Crippen LogP contribution in [0, 0.1) is 17.2 Å². The van der Waals surface area contributed by atoms with Crippen LogP contribution in [-0.2, 0) is 13.5 Å². The van der Waals surface area contributed by atoms with Crippen molar-refractivity contribution in [3.05, 3.63) is 36.4 Å². The molecule has 1 saturated heterocycles. The smallest absolute Gasteiger partial charge is 0.134 e. The number of aryl methyl sites for hydroxylation is 2. The van der Waals surface area contributed by atoms with E-state index in [2.05, 4.69) is 44.9 Å². The van der Waals surface area contributed by atoms with Crippen LogP contribution in [-0.4, -0.2) is 39.7 Å². The van der Waals surface area contributed by atoms with Crippen LogP contribution in [0.2, 0.25) is 0 Å². The summed E-state index contributed by atoms with van der Waals surface area (Å²) in [6.07, 6.45) is 8.47. The molecule has 0 saturated carbocycles. The molecule has 28 heavy (non-hydrogen) atoms. The summed E-state index contributed by atoms with van der Waals surface area (Å²) in [6.45, 7) is 3.88. The first-order chi connectivity index (χ1) is 13.6. The number of piperidine rings is 1. The van der Waals surface area contributed by atoms with E-state index in [4.69, 9.17) is 4.98 Å². The first-order valence-corrected chi connectivity index (χ1v) is 9.75. The van der Waals surface area contributed by atoms with Gasteiger partial charge in [-0.05, 0) is 30.9 Å². The molecule has 0 N–H and O–H groups in total. The van der Waals surface area contributed by atoms with Gasteiger partial charge in [-0.2, -0.15) is 5.26 Å². The van der Waals surface area contributed by atoms with Crippen molar-refractivity contribution in [2.75, 3.05) is 29.9 Å². The van der Waals surface area contributed by atoms with E-state index in [1.54, 1.807) is 6.33 Å². The van der Waals surface area contributed by atoms with Gasteiger partial charge in [0.15, 0.2) is 0 Å². The molecule has 0 spiro atoms. The van der Waals surface area contributed by atoms with Crippen LogP contribution in [0.25, 0.3) is 11.0 Å². The van der Waals surface area contributed by atoms with E-state index in [0.717, 1.165) is 60.7 Å². The number of hydrogen-bond acceptors (Lipinski definition) is 6. The van der Waals surface area contributed by atoms with Crippen LogP contribution < -0.4 is 9.80 Å². The molecule has 1 atom stereocenters. The summed E-state index contributed by atoms with van der Waals surface area (Å²) in [5.74, 6) is 1.92. The average molecular weight is 375 g/mol. The highest BCUT2D eigenvalue weighted by atomic mass is 15.2. The van der Waals surface area contributed by atoms with Gasteiger partial charge in [0.05, 0.1) is 41.9 Å². The van der Waals surface area contributed by atoms with Gasteiger partial charge in [0, 0.05) is 33.3 Å². The van der Waals surface area contributed by atoms with Crippen LogP contribution in [0.15, 0.2) is 30.9 Å². The van der Waals surface area contributed by atoms with E-state index >= 15 is 0 Å². The third kappa shape index (κ3) is 3.26. The summed E-state index contributed by atoms with van der Waals surface area (Å²) in [4.78, 5) is 18.0. The molecule has 4 heterocycles. The number of nitrogens with zero attached hydrogens (tertiary/aromatic N) is 7. The highest BCUT2D eigenvalue weighted by Gasteiger charge is 2.22. The molecule has 0 amide bonds. The molecule has 3 aromatic rings. The largest absolute Gasteiger partial charge is 0.355 e. The lowest BCUT2D eigenvalue weighted by atomic mass is 9.99. The minimum absolute atomic E-state index is 0.0952. The molecule has 7 nitrogen and oxygen atoms in total. The molecule has 0 aromatic carbocycles. The Morgan fingerprint density at radius 1 is 1.25 bits per heavy atom. The second kappa shape index (κ2) is 7.47. The molecule has 1 unspecified atom stereocenters. The predicted octanol–water partition coefficient (Wildman–Crippen LogP) is 3.43. The second-order valence-electron chi connectivity index (χ2n) is 7.38. The zero-order valence-corrected chi connectivity index (χ0v) is 16.6. The zero-order chi connectivity index (χ0) is 19.7. The molecule has 1 aliphatic heterocycles. The fourth-order valence-electron chi connectivity index (χ4n) is 3.85. The summed E-state index contributed by atoms with van der Waals surface area (Å²) in [6, 6.07) is 6.62. The number of hydrogen-bond donors (Lipinski definition) is 0. The average Bonchev–Trinajstić information content (AvgIpc) is 3.13.